The molecule has 0 atom stereocenters. The van der Waals surface area contributed by atoms with E-state index in [2.05, 4.69) is 15.2 Å². The number of aromatic carboxylic acids is 1. The smallest absolute Gasteiger partial charge is 0.335 e. The third-order valence-corrected chi connectivity index (χ3v) is 4.52. The van der Waals surface area contributed by atoms with Crippen molar-refractivity contribution in [1.29, 1.82) is 0 Å². The zero-order valence-corrected chi connectivity index (χ0v) is 14.6. The third kappa shape index (κ3) is 4.09. The Morgan fingerprint density at radius 3 is 2.62 bits per heavy atom. The largest absolute Gasteiger partial charge is 0.497 e. The second kappa shape index (κ2) is 7.83. The minimum absolute atomic E-state index is 0.220. The molecule has 0 spiro atoms. The topological polar surface area (TPSA) is 105 Å². The van der Waals surface area contributed by atoms with E-state index >= 15 is 0 Å². The molecule has 0 unspecified atom stereocenters. The first kappa shape index (κ1) is 17.7. The highest BCUT2D eigenvalue weighted by atomic mass is 32.2. The molecular formula is C18H15N3O4S. The van der Waals surface area contributed by atoms with Crippen LogP contribution in [0, 0.1) is 0 Å². The monoisotopic (exact) mass is 369 g/mol. The zero-order chi connectivity index (χ0) is 18.5. The van der Waals surface area contributed by atoms with Crippen LogP contribution < -0.4 is 10.3 Å². The number of methoxy groups -OCH3 is 1. The van der Waals surface area contributed by atoms with Gasteiger partial charge in [-0.25, -0.2) is 4.79 Å². The van der Waals surface area contributed by atoms with Gasteiger partial charge in [-0.3, -0.25) is 9.78 Å². The van der Waals surface area contributed by atoms with Crippen LogP contribution >= 0.6 is 11.8 Å². The van der Waals surface area contributed by atoms with Gasteiger partial charge in [-0.15, -0.1) is 10.2 Å². The molecule has 0 amide bonds. The number of nitrogens with zero attached hydrogens (tertiary/aromatic N) is 2. The molecule has 0 radical (unpaired) electrons. The lowest BCUT2D eigenvalue weighted by Gasteiger charge is -2.04. The number of thioether (sulfide) groups is 1. The van der Waals surface area contributed by atoms with Crippen molar-refractivity contribution in [2.75, 3.05) is 7.11 Å². The average Bonchev–Trinajstić information content (AvgIpc) is 2.67. The van der Waals surface area contributed by atoms with Crippen molar-refractivity contribution in [3.05, 3.63) is 70.0 Å². The average molecular weight is 369 g/mol. The number of H-pyrrole nitrogens is 1. The lowest BCUT2D eigenvalue weighted by atomic mass is 10.1. The standard InChI is InChI=1S/C18H15N3O4S/c1-25-14-7-5-12(6-8-14)15-16(22)19-18(21-20-15)26-10-11-3-2-4-13(9-11)17(23)24/h2-9H,10H2,1H3,(H,23,24)(H,19,21,22). The first-order chi connectivity index (χ1) is 12.6. The number of benzene rings is 2. The molecule has 0 aliphatic heterocycles. The number of hydrogen-bond acceptors (Lipinski definition) is 6. The predicted octanol–water partition coefficient (Wildman–Crippen LogP) is 2.83. The molecule has 1 aromatic heterocycles. The molecular weight excluding hydrogens is 354 g/mol. The number of aromatic nitrogens is 3. The molecule has 7 nitrogen and oxygen atoms in total. The van der Waals surface area contributed by atoms with Crippen LogP contribution in [0.1, 0.15) is 15.9 Å². The van der Waals surface area contributed by atoms with E-state index < -0.39 is 5.97 Å². The van der Waals surface area contributed by atoms with Crippen molar-refractivity contribution in [3.8, 4) is 17.0 Å². The number of aromatic amines is 1. The predicted molar refractivity (Wildman–Crippen MR) is 97.6 cm³/mol. The molecule has 0 saturated heterocycles. The number of nitrogens with one attached hydrogen (secondary N) is 1. The summed E-state index contributed by atoms with van der Waals surface area (Å²) in [6.07, 6.45) is 0. The van der Waals surface area contributed by atoms with Gasteiger partial charge in [0.2, 0.25) is 0 Å². The molecule has 0 aliphatic carbocycles. The van der Waals surface area contributed by atoms with E-state index in [0.717, 1.165) is 5.56 Å². The lowest BCUT2D eigenvalue weighted by molar-refractivity contribution is 0.0697. The van der Waals surface area contributed by atoms with Gasteiger partial charge in [0.05, 0.1) is 12.7 Å². The fourth-order valence-electron chi connectivity index (χ4n) is 2.27. The van der Waals surface area contributed by atoms with E-state index in [1.165, 1.54) is 17.8 Å². The zero-order valence-electron chi connectivity index (χ0n) is 13.8. The van der Waals surface area contributed by atoms with Gasteiger partial charge in [-0.2, -0.15) is 0 Å². The van der Waals surface area contributed by atoms with Crippen LogP contribution in [0.2, 0.25) is 0 Å². The van der Waals surface area contributed by atoms with Gasteiger partial charge in [0.1, 0.15) is 5.75 Å². The minimum atomic E-state index is -0.978. The molecule has 0 bridgehead atoms. The first-order valence-corrected chi connectivity index (χ1v) is 8.62. The van der Waals surface area contributed by atoms with Gasteiger partial charge in [0.25, 0.3) is 5.56 Å². The molecule has 2 aromatic carbocycles. The molecule has 132 valence electrons. The van der Waals surface area contributed by atoms with Crippen LogP contribution in [0.4, 0.5) is 0 Å². The highest BCUT2D eigenvalue weighted by Gasteiger charge is 2.09. The number of carbonyl (C=O) groups is 1. The molecule has 26 heavy (non-hydrogen) atoms. The van der Waals surface area contributed by atoms with Crippen LogP contribution in [-0.2, 0) is 5.75 Å². The summed E-state index contributed by atoms with van der Waals surface area (Å²) >= 11 is 1.28. The summed E-state index contributed by atoms with van der Waals surface area (Å²) in [5.41, 5.74) is 1.57. The summed E-state index contributed by atoms with van der Waals surface area (Å²) in [5, 5.41) is 17.4. The Morgan fingerprint density at radius 1 is 1.19 bits per heavy atom. The summed E-state index contributed by atoms with van der Waals surface area (Å²) in [4.78, 5) is 26.0. The summed E-state index contributed by atoms with van der Waals surface area (Å²) in [5.74, 6) is 0.177. The molecule has 0 saturated carbocycles. The quantitative estimate of drug-likeness (QED) is 0.644. The van der Waals surface area contributed by atoms with Gasteiger partial charge in [0.15, 0.2) is 10.9 Å². The molecule has 1 heterocycles. The number of hydrogen-bond donors (Lipinski definition) is 2. The van der Waals surface area contributed by atoms with Gasteiger partial charge < -0.3 is 9.84 Å². The third-order valence-electron chi connectivity index (χ3n) is 3.59. The maximum atomic E-state index is 12.3. The Morgan fingerprint density at radius 2 is 1.96 bits per heavy atom. The van der Waals surface area contributed by atoms with E-state index in [0.29, 0.717) is 22.2 Å². The van der Waals surface area contributed by atoms with E-state index in [1.54, 1.807) is 43.5 Å². The normalized spacial score (nSPS) is 10.5. The Labute approximate surface area is 153 Å². The Hall–Kier alpha value is -3.13. The maximum Gasteiger partial charge on any atom is 0.335 e. The van der Waals surface area contributed by atoms with Gasteiger partial charge >= 0.3 is 5.97 Å². The highest BCUT2D eigenvalue weighted by molar-refractivity contribution is 7.98. The highest BCUT2D eigenvalue weighted by Crippen LogP contribution is 2.21. The number of carboxylic acid groups (broad SMARTS) is 1. The van der Waals surface area contributed by atoms with E-state index in [1.807, 2.05) is 6.07 Å². The Kier molecular flexibility index (Phi) is 5.33. The fourth-order valence-corrected chi connectivity index (χ4v) is 3.02. The first-order valence-electron chi connectivity index (χ1n) is 7.63. The number of ether oxygens (including phenoxy) is 1. The van der Waals surface area contributed by atoms with E-state index in [9.17, 15) is 9.59 Å². The molecule has 2 N–H and O–H groups in total. The van der Waals surface area contributed by atoms with Gasteiger partial charge in [0, 0.05) is 11.3 Å². The summed E-state index contributed by atoms with van der Waals surface area (Å²) < 4.78 is 5.09. The van der Waals surface area contributed by atoms with Gasteiger partial charge in [-0.05, 0) is 42.0 Å². The number of carboxylic acids is 1. The number of rotatable bonds is 6. The molecule has 3 rings (SSSR count). The molecule has 3 aromatic rings. The fraction of sp³-hybridized carbons (Fsp3) is 0.111. The van der Waals surface area contributed by atoms with E-state index in [-0.39, 0.29) is 16.8 Å². The molecule has 8 heteroatoms. The molecule has 0 aliphatic rings. The SMILES string of the molecule is COc1ccc(-c2nnc(SCc3cccc(C(=O)O)c3)[nH]c2=O)cc1. The van der Waals surface area contributed by atoms with Crippen LogP contribution in [0.3, 0.4) is 0 Å². The van der Waals surface area contributed by atoms with Crippen molar-refractivity contribution < 1.29 is 14.6 Å². The summed E-state index contributed by atoms with van der Waals surface area (Å²) in [6, 6.07) is 13.6. The van der Waals surface area contributed by atoms with Crippen LogP contribution in [0.5, 0.6) is 5.75 Å². The second-order valence-electron chi connectivity index (χ2n) is 5.33. The Balaban J connectivity index is 1.74. The lowest BCUT2D eigenvalue weighted by Crippen LogP contribution is -2.14. The van der Waals surface area contributed by atoms with Crippen molar-refractivity contribution in [2.45, 2.75) is 10.9 Å². The van der Waals surface area contributed by atoms with Crippen LogP contribution in [0.25, 0.3) is 11.3 Å². The van der Waals surface area contributed by atoms with Crippen molar-refractivity contribution in [3.63, 3.8) is 0 Å². The molecule has 0 fully saturated rings. The minimum Gasteiger partial charge on any atom is -0.497 e. The maximum absolute atomic E-state index is 12.3. The summed E-state index contributed by atoms with van der Waals surface area (Å²) in [6.45, 7) is 0. The van der Waals surface area contributed by atoms with Gasteiger partial charge in [-0.1, -0.05) is 23.9 Å². The van der Waals surface area contributed by atoms with Crippen molar-refractivity contribution in [1.82, 2.24) is 15.2 Å². The van der Waals surface area contributed by atoms with E-state index in [4.69, 9.17) is 9.84 Å². The second-order valence-corrected chi connectivity index (χ2v) is 6.29. The van der Waals surface area contributed by atoms with Crippen molar-refractivity contribution >= 4 is 17.7 Å². The summed E-state index contributed by atoms with van der Waals surface area (Å²) in [7, 11) is 1.57. The van der Waals surface area contributed by atoms with Crippen LogP contribution in [0.15, 0.2) is 58.5 Å². The van der Waals surface area contributed by atoms with Crippen molar-refractivity contribution in [2.24, 2.45) is 0 Å². The van der Waals surface area contributed by atoms with Crippen LogP contribution in [-0.4, -0.2) is 33.4 Å². The Bertz CT molecular complexity index is 986.